The summed E-state index contributed by atoms with van der Waals surface area (Å²) in [6.07, 6.45) is 1.65. The number of hydrogen-bond donors (Lipinski definition) is 1. The molecule has 1 unspecified atom stereocenters. The Hall–Kier alpha value is -2.54. The number of nitro groups is 1. The average Bonchev–Trinajstić information content (AvgIpc) is 2.47. The van der Waals surface area contributed by atoms with Gasteiger partial charge in [0.1, 0.15) is 5.75 Å². The zero-order chi connectivity index (χ0) is 15.4. The van der Waals surface area contributed by atoms with Crippen molar-refractivity contribution in [3.63, 3.8) is 0 Å². The van der Waals surface area contributed by atoms with E-state index in [4.69, 9.17) is 4.74 Å². The van der Waals surface area contributed by atoms with Crippen molar-refractivity contribution in [2.45, 2.75) is 13.0 Å². The molecule has 2 aromatic rings. The maximum Gasteiger partial charge on any atom is 0.305 e. The van der Waals surface area contributed by atoms with Crippen LogP contribution in [-0.2, 0) is 0 Å². The molecule has 0 aliphatic carbocycles. The van der Waals surface area contributed by atoms with E-state index in [0.29, 0.717) is 0 Å². The lowest BCUT2D eigenvalue weighted by Crippen LogP contribution is -2.12. The number of nitrogens with zero attached hydrogens (tertiary/aromatic N) is 2. The topological polar surface area (TPSA) is 77.3 Å². The number of nitro benzene ring substituents is 1. The molecule has 0 bridgehead atoms. The Morgan fingerprint density at radius 1 is 1.38 bits per heavy atom. The van der Waals surface area contributed by atoms with Crippen LogP contribution < -0.4 is 10.1 Å². The van der Waals surface area contributed by atoms with E-state index in [1.165, 1.54) is 6.07 Å². The Bertz CT molecular complexity index is 646. The van der Waals surface area contributed by atoms with Gasteiger partial charge in [0.05, 0.1) is 4.92 Å². The molecule has 0 fully saturated rings. The van der Waals surface area contributed by atoms with E-state index in [1.54, 1.807) is 12.3 Å². The van der Waals surface area contributed by atoms with Crippen LogP contribution in [0.2, 0.25) is 0 Å². The summed E-state index contributed by atoms with van der Waals surface area (Å²) in [4.78, 5) is 13.9. The number of benzene rings is 1. The molecule has 0 amide bonds. The summed E-state index contributed by atoms with van der Waals surface area (Å²) in [6.45, 7) is 1.99. The van der Waals surface area contributed by atoms with Crippen molar-refractivity contribution in [2.75, 3.05) is 7.05 Å². The molecule has 1 N–H and O–H groups in total. The standard InChI is InChI=1S/C14H14FN3O3/c1-9(16-2)10-3-6-14(17-8-10)21-11-4-5-13(18(19)20)12(15)7-11/h3-9,16H,1-2H3. The zero-order valence-corrected chi connectivity index (χ0v) is 11.5. The fourth-order valence-electron chi connectivity index (χ4n) is 1.69. The van der Waals surface area contributed by atoms with Crippen molar-refractivity contribution in [3.05, 3.63) is 58.0 Å². The first kappa shape index (κ1) is 14.9. The van der Waals surface area contributed by atoms with E-state index in [0.717, 1.165) is 17.7 Å². The minimum absolute atomic E-state index is 0.153. The van der Waals surface area contributed by atoms with Gasteiger partial charge in [-0.3, -0.25) is 10.1 Å². The number of nitrogens with one attached hydrogen (secondary N) is 1. The second-order valence-electron chi connectivity index (χ2n) is 4.41. The molecule has 1 aromatic carbocycles. The lowest BCUT2D eigenvalue weighted by atomic mass is 10.1. The van der Waals surface area contributed by atoms with Crippen LogP contribution in [0.3, 0.4) is 0 Å². The Labute approximate surface area is 120 Å². The molecule has 1 atom stereocenters. The largest absolute Gasteiger partial charge is 0.439 e. The minimum atomic E-state index is -0.946. The van der Waals surface area contributed by atoms with Crippen LogP contribution in [0.15, 0.2) is 36.5 Å². The van der Waals surface area contributed by atoms with Crippen molar-refractivity contribution >= 4 is 5.69 Å². The van der Waals surface area contributed by atoms with Gasteiger partial charge in [-0.1, -0.05) is 6.07 Å². The molecule has 7 heteroatoms. The molecule has 6 nitrogen and oxygen atoms in total. The number of ether oxygens (including phenoxy) is 1. The van der Waals surface area contributed by atoms with Crippen LogP contribution in [0.5, 0.6) is 11.6 Å². The van der Waals surface area contributed by atoms with E-state index >= 15 is 0 Å². The summed E-state index contributed by atoms with van der Waals surface area (Å²) in [7, 11) is 1.84. The normalized spacial score (nSPS) is 12.0. The van der Waals surface area contributed by atoms with Gasteiger partial charge in [-0.05, 0) is 25.6 Å². The third kappa shape index (κ3) is 3.51. The second-order valence-corrected chi connectivity index (χ2v) is 4.41. The smallest absolute Gasteiger partial charge is 0.305 e. The fraction of sp³-hybridized carbons (Fsp3) is 0.214. The molecular formula is C14H14FN3O3. The maximum absolute atomic E-state index is 13.5. The summed E-state index contributed by atoms with van der Waals surface area (Å²) < 4.78 is 18.8. The summed E-state index contributed by atoms with van der Waals surface area (Å²) in [5.41, 5.74) is 0.397. The van der Waals surface area contributed by atoms with Gasteiger partial charge in [0.2, 0.25) is 11.7 Å². The molecule has 0 radical (unpaired) electrons. The van der Waals surface area contributed by atoms with E-state index in [9.17, 15) is 14.5 Å². The lowest BCUT2D eigenvalue weighted by molar-refractivity contribution is -0.387. The predicted octanol–water partition coefficient (Wildman–Crippen LogP) is 3.20. The highest BCUT2D eigenvalue weighted by Crippen LogP contribution is 2.26. The van der Waals surface area contributed by atoms with Crippen LogP contribution >= 0.6 is 0 Å². The Kier molecular flexibility index (Phi) is 4.44. The number of rotatable bonds is 5. The van der Waals surface area contributed by atoms with Crippen molar-refractivity contribution in [3.8, 4) is 11.6 Å². The number of aromatic nitrogens is 1. The monoisotopic (exact) mass is 291 g/mol. The van der Waals surface area contributed by atoms with Crippen molar-refractivity contribution < 1.29 is 14.1 Å². The fourth-order valence-corrected chi connectivity index (χ4v) is 1.69. The van der Waals surface area contributed by atoms with Crippen LogP contribution in [-0.4, -0.2) is 17.0 Å². The molecule has 0 aliphatic heterocycles. The molecule has 0 saturated heterocycles. The molecule has 1 aromatic heterocycles. The second kappa shape index (κ2) is 6.27. The van der Waals surface area contributed by atoms with Gasteiger partial charge in [-0.2, -0.15) is 4.39 Å². The molecule has 0 saturated carbocycles. The molecular weight excluding hydrogens is 277 g/mol. The van der Waals surface area contributed by atoms with E-state index in [1.807, 2.05) is 20.0 Å². The van der Waals surface area contributed by atoms with E-state index in [2.05, 4.69) is 10.3 Å². The van der Waals surface area contributed by atoms with Gasteiger partial charge in [-0.15, -0.1) is 0 Å². The summed E-state index contributed by atoms with van der Waals surface area (Å²) in [6, 6.07) is 7.00. The van der Waals surface area contributed by atoms with E-state index < -0.39 is 16.4 Å². The first-order valence-electron chi connectivity index (χ1n) is 6.26. The third-order valence-corrected chi connectivity index (χ3v) is 3.03. The minimum Gasteiger partial charge on any atom is -0.439 e. The summed E-state index contributed by atoms with van der Waals surface area (Å²) in [5.74, 6) is -0.506. The van der Waals surface area contributed by atoms with Crippen LogP contribution in [0.25, 0.3) is 0 Å². The SMILES string of the molecule is CNC(C)c1ccc(Oc2ccc([N+](=O)[O-])c(F)c2)nc1. The molecule has 21 heavy (non-hydrogen) atoms. The molecule has 1 heterocycles. The average molecular weight is 291 g/mol. The predicted molar refractivity (Wildman–Crippen MR) is 74.8 cm³/mol. The van der Waals surface area contributed by atoms with Crippen LogP contribution in [0.1, 0.15) is 18.5 Å². The van der Waals surface area contributed by atoms with Crippen molar-refractivity contribution in [1.29, 1.82) is 0 Å². The third-order valence-electron chi connectivity index (χ3n) is 3.03. The number of hydrogen-bond acceptors (Lipinski definition) is 5. The molecule has 2 rings (SSSR count). The first-order valence-corrected chi connectivity index (χ1v) is 6.26. The quantitative estimate of drug-likeness (QED) is 0.676. The molecule has 0 spiro atoms. The summed E-state index contributed by atoms with van der Waals surface area (Å²) >= 11 is 0. The van der Waals surface area contributed by atoms with E-state index in [-0.39, 0.29) is 17.7 Å². The Balaban J connectivity index is 2.15. The van der Waals surface area contributed by atoms with Crippen LogP contribution in [0.4, 0.5) is 10.1 Å². The van der Waals surface area contributed by atoms with Gasteiger partial charge >= 0.3 is 5.69 Å². The summed E-state index contributed by atoms with van der Waals surface area (Å²) in [5, 5.41) is 13.6. The van der Waals surface area contributed by atoms with Gasteiger partial charge in [-0.25, -0.2) is 4.98 Å². The Morgan fingerprint density at radius 3 is 2.67 bits per heavy atom. The van der Waals surface area contributed by atoms with Crippen LogP contribution in [0, 0.1) is 15.9 Å². The number of pyridine rings is 1. The highest BCUT2D eigenvalue weighted by atomic mass is 19.1. The Morgan fingerprint density at radius 2 is 2.14 bits per heavy atom. The van der Waals surface area contributed by atoms with Crippen molar-refractivity contribution in [2.24, 2.45) is 0 Å². The van der Waals surface area contributed by atoms with Gasteiger partial charge in [0, 0.05) is 30.4 Å². The lowest BCUT2D eigenvalue weighted by Gasteiger charge is -2.10. The van der Waals surface area contributed by atoms with Crippen molar-refractivity contribution in [1.82, 2.24) is 10.3 Å². The van der Waals surface area contributed by atoms with Gasteiger partial charge in [0.25, 0.3) is 0 Å². The number of halogens is 1. The zero-order valence-electron chi connectivity index (χ0n) is 11.5. The molecule has 110 valence electrons. The van der Waals surface area contributed by atoms with Gasteiger partial charge in [0.15, 0.2) is 0 Å². The highest BCUT2D eigenvalue weighted by molar-refractivity contribution is 5.39. The van der Waals surface area contributed by atoms with Gasteiger partial charge < -0.3 is 10.1 Å². The highest BCUT2D eigenvalue weighted by Gasteiger charge is 2.14. The first-order chi connectivity index (χ1) is 10.0. The maximum atomic E-state index is 13.5. The molecule has 0 aliphatic rings.